The first kappa shape index (κ1) is 9.95. The molecule has 0 aliphatic rings. The zero-order valence-electron chi connectivity index (χ0n) is 6.65. The molecule has 2 nitrogen and oxygen atoms in total. The molecule has 0 radical (unpaired) electrons. The van der Waals surface area contributed by atoms with Crippen LogP contribution in [0.25, 0.3) is 0 Å². The lowest BCUT2D eigenvalue weighted by molar-refractivity contribution is -0.119. The van der Waals surface area contributed by atoms with Gasteiger partial charge in [0.2, 0.25) is 5.91 Å². The molecular weight excluding hydrogens is 194 g/mol. The third kappa shape index (κ3) is 3.88. The van der Waals surface area contributed by atoms with Crippen LogP contribution < -0.4 is 5.32 Å². The standard InChI is InChI=1S/C7H14BrNO/c1-5(2)6(3)9-7(10)4-8/h5-6H,4H2,1-3H3,(H,9,10)/t6-/m0/s1. The molecule has 0 aromatic carbocycles. The Labute approximate surface area is 70.5 Å². The first-order chi connectivity index (χ1) is 4.57. The molecule has 0 saturated heterocycles. The van der Waals surface area contributed by atoms with Crippen LogP contribution >= 0.6 is 15.9 Å². The zero-order chi connectivity index (χ0) is 8.15. The Morgan fingerprint density at radius 3 is 2.30 bits per heavy atom. The molecule has 10 heavy (non-hydrogen) atoms. The first-order valence-electron chi connectivity index (χ1n) is 3.43. The molecule has 0 aromatic heterocycles. The lowest BCUT2D eigenvalue weighted by Gasteiger charge is -2.16. The summed E-state index contributed by atoms with van der Waals surface area (Å²) in [5, 5.41) is 3.24. The second-order valence-electron chi connectivity index (χ2n) is 2.73. The molecule has 3 heteroatoms. The van der Waals surface area contributed by atoms with Crippen molar-refractivity contribution in [3.8, 4) is 0 Å². The largest absolute Gasteiger partial charge is 0.353 e. The molecule has 0 heterocycles. The molecule has 0 aliphatic heterocycles. The van der Waals surface area contributed by atoms with Crippen molar-refractivity contribution < 1.29 is 4.79 Å². The van der Waals surface area contributed by atoms with Gasteiger partial charge in [0.1, 0.15) is 0 Å². The van der Waals surface area contributed by atoms with Gasteiger partial charge in [-0.3, -0.25) is 4.79 Å². The van der Waals surface area contributed by atoms with Crippen molar-refractivity contribution >= 4 is 21.8 Å². The van der Waals surface area contributed by atoms with Crippen LogP contribution in [-0.2, 0) is 4.79 Å². The Bertz CT molecular complexity index is 114. The minimum Gasteiger partial charge on any atom is -0.353 e. The molecule has 0 saturated carbocycles. The van der Waals surface area contributed by atoms with E-state index in [0.29, 0.717) is 11.2 Å². The van der Waals surface area contributed by atoms with Crippen molar-refractivity contribution in [2.75, 3.05) is 5.33 Å². The lowest BCUT2D eigenvalue weighted by atomic mass is 10.1. The Morgan fingerprint density at radius 1 is 1.50 bits per heavy atom. The maximum Gasteiger partial charge on any atom is 0.230 e. The number of amides is 1. The summed E-state index contributed by atoms with van der Waals surface area (Å²) in [4.78, 5) is 10.8. The van der Waals surface area contributed by atoms with Crippen molar-refractivity contribution in [3.63, 3.8) is 0 Å². The molecule has 0 bridgehead atoms. The second kappa shape index (κ2) is 4.72. The average molecular weight is 208 g/mol. The van der Waals surface area contributed by atoms with Crippen LogP contribution in [0.15, 0.2) is 0 Å². The van der Waals surface area contributed by atoms with Gasteiger partial charge in [-0.05, 0) is 12.8 Å². The fourth-order valence-electron chi connectivity index (χ4n) is 0.459. The zero-order valence-corrected chi connectivity index (χ0v) is 8.23. The summed E-state index contributed by atoms with van der Waals surface area (Å²) in [5.41, 5.74) is 0. The van der Waals surface area contributed by atoms with Gasteiger partial charge in [-0.15, -0.1) is 0 Å². The van der Waals surface area contributed by atoms with Crippen LogP contribution in [-0.4, -0.2) is 17.3 Å². The molecule has 1 atom stereocenters. The number of rotatable bonds is 3. The van der Waals surface area contributed by atoms with Crippen LogP contribution in [0.5, 0.6) is 0 Å². The van der Waals surface area contributed by atoms with E-state index in [-0.39, 0.29) is 11.9 Å². The molecule has 0 unspecified atom stereocenters. The Balaban J connectivity index is 3.57. The fourth-order valence-corrected chi connectivity index (χ4v) is 0.621. The van der Waals surface area contributed by atoms with E-state index in [1.807, 2.05) is 6.92 Å². The summed E-state index contributed by atoms with van der Waals surface area (Å²) in [5.74, 6) is 0.559. The normalized spacial score (nSPS) is 13.3. The van der Waals surface area contributed by atoms with E-state index in [9.17, 15) is 4.79 Å². The van der Waals surface area contributed by atoms with E-state index in [4.69, 9.17) is 0 Å². The molecule has 1 amide bonds. The molecule has 0 spiro atoms. The summed E-state index contributed by atoms with van der Waals surface area (Å²) >= 11 is 3.08. The molecule has 60 valence electrons. The highest BCUT2D eigenvalue weighted by Gasteiger charge is 2.08. The van der Waals surface area contributed by atoms with Gasteiger partial charge in [0.25, 0.3) is 0 Å². The minimum absolute atomic E-state index is 0.0567. The number of carbonyl (C=O) groups excluding carboxylic acids is 1. The Kier molecular flexibility index (Phi) is 4.69. The Hall–Kier alpha value is -0.0500. The number of carbonyl (C=O) groups is 1. The van der Waals surface area contributed by atoms with E-state index in [2.05, 4.69) is 35.1 Å². The van der Waals surface area contributed by atoms with Crippen LogP contribution in [0.3, 0.4) is 0 Å². The van der Waals surface area contributed by atoms with Gasteiger partial charge in [-0.25, -0.2) is 0 Å². The summed E-state index contributed by atoms with van der Waals surface area (Å²) in [6.45, 7) is 6.17. The highest BCUT2D eigenvalue weighted by Crippen LogP contribution is 1.99. The third-order valence-electron chi connectivity index (χ3n) is 1.51. The van der Waals surface area contributed by atoms with Gasteiger partial charge in [-0.2, -0.15) is 0 Å². The van der Waals surface area contributed by atoms with Crippen molar-refractivity contribution in [1.82, 2.24) is 5.32 Å². The van der Waals surface area contributed by atoms with Crippen molar-refractivity contribution in [3.05, 3.63) is 0 Å². The number of hydrogen-bond donors (Lipinski definition) is 1. The molecule has 0 aromatic rings. The van der Waals surface area contributed by atoms with Crippen LogP contribution in [0.4, 0.5) is 0 Å². The topological polar surface area (TPSA) is 29.1 Å². The highest BCUT2D eigenvalue weighted by atomic mass is 79.9. The third-order valence-corrected chi connectivity index (χ3v) is 2.02. The molecule has 0 aliphatic carbocycles. The van der Waals surface area contributed by atoms with Gasteiger partial charge in [0, 0.05) is 6.04 Å². The quantitative estimate of drug-likeness (QED) is 0.700. The van der Waals surface area contributed by atoms with E-state index < -0.39 is 0 Å². The Morgan fingerprint density at radius 2 is 2.00 bits per heavy atom. The number of hydrogen-bond acceptors (Lipinski definition) is 1. The molecular formula is C7H14BrNO. The number of nitrogens with one attached hydrogen (secondary N) is 1. The van der Waals surface area contributed by atoms with Gasteiger partial charge >= 0.3 is 0 Å². The van der Waals surface area contributed by atoms with E-state index in [1.165, 1.54) is 0 Å². The van der Waals surface area contributed by atoms with Gasteiger partial charge < -0.3 is 5.32 Å². The highest BCUT2D eigenvalue weighted by molar-refractivity contribution is 9.09. The van der Waals surface area contributed by atoms with E-state index >= 15 is 0 Å². The molecule has 0 rings (SSSR count). The van der Waals surface area contributed by atoms with Crippen LogP contribution in [0.1, 0.15) is 20.8 Å². The fraction of sp³-hybridized carbons (Fsp3) is 0.857. The SMILES string of the molecule is CC(C)[C@H](C)NC(=O)CBr. The first-order valence-corrected chi connectivity index (χ1v) is 4.55. The van der Waals surface area contributed by atoms with Gasteiger partial charge in [0.05, 0.1) is 5.33 Å². The van der Waals surface area contributed by atoms with Crippen LogP contribution in [0, 0.1) is 5.92 Å². The number of alkyl halides is 1. The molecule has 1 N–H and O–H groups in total. The van der Waals surface area contributed by atoms with Crippen molar-refractivity contribution in [2.24, 2.45) is 5.92 Å². The van der Waals surface area contributed by atoms with Crippen LogP contribution in [0.2, 0.25) is 0 Å². The minimum atomic E-state index is 0.0567. The maximum absolute atomic E-state index is 10.8. The van der Waals surface area contributed by atoms with Crippen molar-refractivity contribution in [2.45, 2.75) is 26.8 Å². The number of halogens is 1. The summed E-state index contributed by atoms with van der Waals surface area (Å²) in [6.07, 6.45) is 0. The average Bonchev–Trinajstić information content (AvgIpc) is 1.87. The van der Waals surface area contributed by atoms with E-state index in [0.717, 1.165) is 0 Å². The van der Waals surface area contributed by atoms with Crippen molar-refractivity contribution in [1.29, 1.82) is 0 Å². The second-order valence-corrected chi connectivity index (χ2v) is 3.29. The predicted octanol–water partition coefficient (Wildman–Crippen LogP) is 1.54. The summed E-state index contributed by atoms with van der Waals surface area (Å²) in [7, 11) is 0. The monoisotopic (exact) mass is 207 g/mol. The predicted molar refractivity (Wildman–Crippen MR) is 46.2 cm³/mol. The summed E-state index contributed by atoms with van der Waals surface area (Å²) < 4.78 is 0. The maximum atomic E-state index is 10.8. The smallest absolute Gasteiger partial charge is 0.230 e. The lowest BCUT2D eigenvalue weighted by Crippen LogP contribution is -2.36. The summed E-state index contributed by atoms with van der Waals surface area (Å²) in [6, 6.07) is 0.269. The van der Waals surface area contributed by atoms with Gasteiger partial charge in [0.15, 0.2) is 0 Å². The van der Waals surface area contributed by atoms with E-state index in [1.54, 1.807) is 0 Å². The molecule has 0 fully saturated rings. The van der Waals surface area contributed by atoms with Gasteiger partial charge in [-0.1, -0.05) is 29.8 Å².